The van der Waals surface area contributed by atoms with Crippen molar-refractivity contribution >= 4 is 17.2 Å². The van der Waals surface area contributed by atoms with E-state index in [2.05, 4.69) is 12.1 Å². The normalized spacial score (nSPS) is 12.9. The lowest BCUT2D eigenvalue weighted by Gasteiger charge is -2.04. The van der Waals surface area contributed by atoms with Gasteiger partial charge in [0.25, 0.3) is 0 Å². The van der Waals surface area contributed by atoms with Crippen molar-refractivity contribution in [2.24, 2.45) is 5.92 Å². The monoisotopic (exact) mass is 220 g/mol. The molecule has 0 aliphatic heterocycles. The molecule has 1 heterocycles. The van der Waals surface area contributed by atoms with Crippen LogP contribution in [0.1, 0.15) is 19.0 Å². The number of hydrogen-bond acceptors (Lipinski definition) is 3. The minimum Gasteiger partial charge on any atom is -0.356 e. The lowest BCUT2D eigenvalue weighted by atomic mass is 10.0. The Morgan fingerprint density at radius 1 is 1.56 bits per heavy atom. The standard InChI is InChI=1S/C12H13FN2O/c1-8(4-5-14)6-11-10-3-2-9(13)7-12(10)16-15-11/h2-3,5,7-8,14H,4,6H2,1H3. The van der Waals surface area contributed by atoms with Gasteiger partial charge in [-0.05, 0) is 37.1 Å². The zero-order chi connectivity index (χ0) is 11.5. The van der Waals surface area contributed by atoms with Crippen LogP contribution in [0.2, 0.25) is 0 Å². The average molecular weight is 220 g/mol. The van der Waals surface area contributed by atoms with E-state index >= 15 is 0 Å². The van der Waals surface area contributed by atoms with E-state index in [9.17, 15) is 4.39 Å². The van der Waals surface area contributed by atoms with Crippen molar-refractivity contribution in [1.82, 2.24) is 5.16 Å². The fourth-order valence-corrected chi connectivity index (χ4v) is 1.73. The molecule has 2 rings (SSSR count). The Kier molecular flexibility index (Phi) is 2.99. The summed E-state index contributed by atoms with van der Waals surface area (Å²) in [5, 5.41) is 11.8. The van der Waals surface area contributed by atoms with E-state index in [1.807, 2.05) is 0 Å². The number of aromatic nitrogens is 1. The van der Waals surface area contributed by atoms with Crippen LogP contribution in [0, 0.1) is 17.1 Å². The van der Waals surface area contributed by atoms with Crippen LogP contribution >= 0.6 is 0 Å². The highest BCUT2D eigenvalue weighted by molar-refractivity contribution is 5.79. The van der Waals surface area contributed by atoms with E-state index in [1.54, 1.807) is 6.07 Å². The van der Waals surface area contributed by atoms with Crippen LogP contribution in [0.15, 0.2) is 22.7 Å². The molecule has 0 aliphatic carbocycles. The number of fused-ring (bicyclic) bond motifs is 1. The van der Waals surface area contributed by atoms with Gasteiger partial charge in [-0.25, -0.2) is 4.39 Å². The molecular formula is C12H13FN2O. The van der Waals surface area contributed by atoms with Crippen molar-refractivity contribution in [1.29, 1.82) is 5.41 Å². The first-order valence-corrected chi connectivity index (χ1v) is 5.23. The SMILES string of the molecule is CC(CC=N)Cc1noc2cc(F)ccc12. The van der Waals surface area contributed by atoms with Gasteiger partial charge >= 0.3 is 0 Å². The second-order valence-corrected chi connectivity index (χ2v) is 4.02. The highest BCUT2D eigenvalue weighted by atomic mass is 19.1. The summed E-state index contributed by atoms with van der Waals surface area (Å²) < 4.78 is 18.0. The molecule has 1 unspecified atom stereocenters. The predicted molar refractivity (Wildman–Crippen MR) is 60.2 cm³/mol. The molecule has 0 fully saturated rings. The van der Waals surface area contributed by atoms with Gasteiger partial charge in [0.05, 0.1) is 5.69 Å². The summed E-state index contributed by atoms with van der Waals surface area (Å²) >= 11 is 0. The van der Waals surface area contributed by atoms with Gasteiger partial charge in [0.2, 0.25) is 0 Å². The molecule has 2 aromatic rings. The summed E-state index contributed by atoms with van der Waals surface area (Å²) in [6, 6.07) is 4.44. The molecule has 0 saturated heterocycles. The van der Waals surface area contributed by atoms with E-state index in [4.69, 9.17) is 9.93 Å². The Morgan fingerprint density at radius 3 is 3.12 bits per heavy atom. The van der Waals surface area contributed by atoms with Gasteiger partial charge in [-0.1, -0.05) is 12.1 Å². The van der Waals surface area contributed by atoms with Crippen molar-refractivity contribution in [2.75, 3.05) is 0 Å². The Labute approximate surface area is 92.8 Å². The summed E-state index contributed by atoms with van der Waals surface area (Å²) in [6.45, 7) is 2.05. The number of nitrogens with zero attached hydrogens (tertiary/aromatic N) is 1. The minimum atomic E-state index is -0.317. The number of rotatable bonds is 4. The Bertz CT molecular complexity index is 507. The van der Waals surface area contributed by atoms with E-state index in [1.165, 1.54) is 18.3 Å². The first-order chi connectivity index (χ1) is 7.70. The fraction of sp³-hybridized carbons (Fsp3) is 0.333. The second-order valence-electron chi connectivity index (χ2n) is 4.02. The molecule has 0 bridgehead atoms. The van der Waals surface area contributed by atoms with Crippen molar-refractivity contribution in [3.63, 3.8) is 0 Å². The van der Waals surface area contributed by atoms with Gasteiger partial charge in [-0.2, -0.15) is 0 Å². The highest BCUT2D eigenvalue weighted by Crippen LogP contribution is 2.22. The van der Waals surface area contributed by atoms with Gasteiger partial charge in [-0.3, -0.25) is 0 Å². The highest BCUT2D eigenvalue weighted by Gasteiger charge is 2.11. The van der Waals surface area contributed by atoms with Crippen LogP contribution in [-0.4, -0.2) is 11.4 Å². The molecule has 0 spiro atoms. The van der Waals surface area contributed by atoms with E-state index in [0.29, 0.717) is 11.5 Å². The second kappa shape index (κ2) is 4.43. The van der Waals surface area contributed by atoms with Crippen LogP contribution in [0.3, 0.4) is 0 Å². The third kappa shape index (κ3) is 2.10. The van der Waals surface area contributed by atoms with E-state index < -0.39 is 0 Å². The summed E-state index contributed by atoms with van der Waals surface area (Å²) in [4.78, 5) is 0. The molecule has 4 heteroatoms. The van der Waals surface area contributed by atoms with Gasteiger partial charge in [0.15, 0.2) is 5.58 Å². The van der Waals surface area contributed by atoms with Gasteiger partial charge in [0.1, 0.15) is 5.82 Å². The Balaban J connectivity index is 2.28. The Morgan fingerprint density at radius 2 is 2.38 bits per heavy atom. The molecule has 0 aliphatic rings. The molecule has 1 aromatic carbocycles. The molecule has 0 amide bonds. The molecule has 3 nitrogen and oxygen atoms in total. The van der Waals surface area contributed by atoms with Crippen molar-refractivity contribution < 1.29 is 8.91 Å². The van der Waals surface area contributed by atoms with Crippen LogP contribution in [-0.2, 0) is 6.42 Å². The van der Waals surface area contributed by atoms with Crippen LogP contribution in [0.4, 0.5) is 4.39 Å². The Hall–Kier alpha value is -1.71. The molecule has 1 aromatic heterocycles. The summed E-state index contributed by atoms with van der Waals surface area (Å²) in [5.41, 5.74) is 1.32. The zero-order valence-corrected chi connectivity index (χ0v) is 9.03. The molecule has 84 valence electrons. The first kappa shape index (κ1) is 10.8. The third-order valence-electron chi connectivity index (χ3n) is 2.57. The number of halogens is 1. The lowest BCUT2D eigenvalue weighted by Crippen LogP contribution is -2.00. The van der Waals surface area contributed by atoms with Crippen LogP contribution < -0.4 is 0 Å². The van der Waals surface area contributed by atoms with Crippen molar-refractivity contribution in [3.8, 4) is 0 Å². The molecular weight excluding hydrogens is 207 g/mol. The molecule has 0 radical (unpaired) electrons. The van der Waals surface area contributed by atoms with Gasteiger partial charge in [-0.15, -0.1) is 0 Å². The van der Waals surface area contributed by atoms with Crippen molar-refractivity contribution in [2.45, 2.75) is 19.8 Å². The summed E-state index contributed by atoms with van der Waals surface area (Å²) in [6.07, 6.45) is 2.86. The van der Waals surface area contributed by atoms with Gasteiger partial charge < -0.3 is 9.93 Å². The van der Waals surface area contributed by atoms with Crippen LogP contribution in [0.25, 0.3) is 11.0 Å². The quantitative estimate of drug-likeness (QED) is 0.804. The molecule has 0 saturated carbocycles. The maximum Gasteiger partial charge on any atom is 0.170 e. The smallest absolute Gasteiger partial charge is 0.170 e. The largest absolute Gasteiger partial charge is 0.356 e. The lowest BCUT2D eigenvalue weighted by molar-refractivity contribution is 0.436. The van der Waals surface area contributed by atoms with E-state index in [-0.39, 0.29) is 5.82 Å². The maximum absolute atomic E-state index is 12.9. The maximum atomic E-state index is 12.9. The molecule has 16 heavy (non-hydrogen) atoms. The molecule has 1 N–H and O–H groups in total. The predicted octanol–water partition coefficient (Wildman–Crippen LogP) is 3.19. The third-order valence-corrected chi connectivity index (χ3v) is 2.57. The van der Waals surface area contributed by atoms with Gasteiger partial charge in [0, 0.05) is 11.5 Å². The topological polar surface area (TPSA) is 49.9 Å². The van der Waals surface area contributed by atoms with E-state index in [0.717, 1.165) is 23.9 Å². The summed E-state index contributed by atoms with van der Waals surface area (Å²) in [5.74, 6) is 0.0265. The first-order valence-electron chi connectivity index (χ1n) is 5.23. The van der Waals surface area contributed by atoms with Crippen LogP contribution in [0.5, 0.6) is 0 Å². The zero-order valence-electron chi connectivity index (χ0n) is 9.03. The summed E-state index contributed by atoms with van der Waals surface area (Å²) in [7, 11) is 0. The molecule has 1 atom stereocenters. The van der Waals surface area contributed by atoms with Crippen molar-refractivity contribution in [3.05, 3.63) is 29.7 Å². The number of hydrogen-bond donors (Lipinski definition) is 1. The number of nitrogens with one attached hydrogen (secondary N) is 1. The minimum absolute atomic E-state index is 0.317. The average Bonchev–Trinajstić information content (AvgIpc) is 2.61. The number of benzene rings is 1. The fourth-order valence-electron chi connectivity index (χ4n) is 1.73.